The third kappa shape index (κ3) is 6.07. The van der Waals surface area contributed by atoms with E-state index in [1.54, 1.807) is 12.3 Å². The fourth-order valence-electron chi connectivity index (χ4n) is 4.41. The molecule has 3 unspecified atom stereocenters. The van der Waals surface area contributed by atoms with Crippen LogP contribution in [0.2, 0.25) is 0 Å². The number of nitrogens with zero attached hydrogens (tertiary/aromatic N) is 2. The molecule has 164 valence electrons. The maximum atomic E-state index is 12.8. The first-order chi connectivity index (χ1) is 15.0. The van der Waals surface area contributed by atoms with Gasteiger partial charge in [0.05, 0.1) is 23.5 Å². The maximum absolute atomic E-state index is 12.8. The van der Waals surface area contributed by atoms with Crippen LogP contribution in [0.1, 0.15) is 69.7 Å². The zero-order chi connectivity index (χ0) is 22.2. The Morgan fingerprint density at radius 3 is 2.84 bits per heavy atom. The summed E-state index contributed by atoms with van der Waals surface area (Å²) in [7, 11) is 0. The van der Waals surface area contributed by atoms with Gasteiger partial charge in [0.25, 0.3) is 0 Å². The molecular weight excluding hydrogens is 386 g/mol. The van der Waals surface area contributed by atoms with E-state index in [1.807, 2.05) is 19.1 Å². The highest BCUT2D eigenvalue weighted by atomic mass is 16.3. The molecule has 0 radical (unpaired) electrons. The lowest BCUT2D eigenvalue weighted by atomic mass is 9.85. The van der Waals surface area contributed by atoms with Crippen LogP contribution < -0.4 is 5.32 Å². The van der Waals surface area contributed by atoms with Crippen LogP contribution >= 0.6 is 0 Å². The van der Waals surface area contributed by atoms with Gasteiger partial charge >= 0.3 is 0 Å². The van der Waals surface area contributed by atoms with E-state index in [9.17, 15) is 9.90 Å². The molecule has 3 atom stereocenters. The summed E-state index contributed by atoms with van der Waals surface area (Å²) in [4.78, 5) is 22.4. The first-order valence-electron chi connectivity index (χ1n) is 11.4. The summed E-state index contributed by atoms with van der Waals surface area (Å²) in [5, 5.41) is 12.8. The van der Waals surface area contributed by atoms with Gasteiger partial charge in [-0.3, -0.25) is 9.78 Å². The van der Waals surface area contributed by atoms with E-state index in [0.29, 0.717) is 18.2 Å². The quantitative estimate of drug-likeness (QED) is 0.598. The summed E-state index contributed by atoms with van der Waals surface area (Å²) in [5.74, 6) is 6.76. The Morgan fingerprint density at radius 2 is 2.16 bits per heavy atom. The molecule has 2 aliphatic rings. The summed E-state index contributed by atoms with van der Waals surface area (Å²) in [6, 6.07) is 0. The molecule has 0 aromatic carbocycles. The Labute approximate surface area is 185 Å². The minimum absolute atomic E-state index is 0.0557. The van der Waals surface area contributed by atoms with Crippen molar-refractivity contribution < 1.29 is 9.90 Å². The van der Waals surface area contributed by atoms with Crippen molar-refractivity contribution >= 4 is 11.7 Å². The lowest BCUT2D eigenvalue weighted by Crippen LogP contribution is -2.24. The average molecular weight is 420 g/mol. The molecule has 1 saturated carbocycles. The number of anilines is 1. The highest BCUT2D eigenvalue weighted by Crippen LogP contribution is 2.33. The van der Waals surface area contributed by atoms with Crippen LogP contribution in [0.4, 0.5) is 5.82 Å². The number of aromatic nitrogens is 2. The predicted molar refractivity (Wildman–Crippen MR) is 124 cm³/mol. The number of rotatable bonds is 6. The molecule has 1 amide bonds. The molecule has 1 aromatic rings. The molecule has 0 bridgehead atoms. The van der Waals surface area contributed by atoms with Gasteiger partial charge < -0.3 is 10.4 Å². The van der Waals surface area contributed by atoms with E-state index in [1.165, 1.54) is 38.2 Å². The van der Waals surface area contributed by atoms with Gasteiger partial charge in [-0.1, -0.05) is 70.4 Å². The average Bonchev–Trinajstić information content (AvgIpc) is 2.76. The molecule has 5 heteroatoms. The second-order valence-corrected chi connectivity index (χ2v) is 8.58. The number of hydrogen-bond donors (Lipinski definition) is 2. The minimum atomic E-state index is -0.406. The van der Waals surface area contributed by atoms with Gasteiger partial charge in [0, 0.05) is 5.92 Å². The molecule has 31 heavy (non-hydrogen) atoms. The van der Waals surface area contributed by atoms with E-state index in [4.69, 9.17) is 4.98 Å². The van der Waals surface area contributed by atoms with Crippen LogP contribution in [0.15, 0.2) is 42.8 Å². The van der Waals surface area contributed by atoms with Crippen LogP contribution in [0.3, 0.4) is 0 Å². The van der Waals surface area contributed by atoms with E-state index >= 15 is 0 Å². The molecule has 1 fully saturated rings. The molecule has 3 rings (SSSR count). The van der Waals surface area contributed by atoms with E-state index in [-0.39, 0.29) is 23.5 Å². The van der Waals surface area contributed by atoms with Crippen LogP contribution in [-0.2, 0) is 11.2 Å². The third-order valence-electron chi connectivity index (χ3n) is 6.21. The SMILES string of the molecule is C=CC#CC(CC)C(=O)Nc1ncc(C2C=CC(O)=CC2C)nc1CC1CCCCC1. The largest absolute Gasteiger partial charge is 0.508 e. The molecule has 5 nitrogen and oxygen atoms in total. The smallest absolute Gasteiger partial charge is 0.240 e. The lowest BCUT2D eigenvalue weighted by Gasteiger charge is -2.24. The van der Waals surface area contributed by atoms with Gasteiger partial charge in [0.15, 0.2) is 5.82 Å². The van der Waals surface area contributed by atoms with E-state index in [2.05, 4.69) is 35.6 Å². The molecule has 1 aromatic heterocycles. The van der Waals surface area contributed by atoms with Gasteiger partial charge in [-0.05, 0) is 42.9 Å². The highest BCUT2D eigenvalue weighted by molar-refractivity contribution is 5.94. The molecule has 0 saturated heterocycles. The number of aliphatic hydroxyl groups is 1. The fraction of sp³-hybridized carbons (Fsp3) is 0.500. The first-order valence-corrected chi connectivity index (χ1v) is 11.4. The predicted octanol–water partition coefficient (Wildman–Crippen LogP) is 5.48. The number of carbonyl (C=O) groups is 1. The van der Waals surface area contributed by atoms with Gasteiger partial charge in [-0.2, -0.15) is 0 Å². The minimum Gasteiger partial charge on any atom is -0.508 e. The van der Waals surface area contributed by atoms with Crippen molar-refractivity contribution in [3.05, 3.63) is 54.2 Å². The van der Waals surface area contributed by atoms with Crippen molar-refractivity contribution in [2.75, 3.05) is 5.32 Å². The van der Waals surface area contributed by atoms with E-state index in [0.717, 1.165) is 17.8 Å². The molecule has 2 aliphatic carbocycles. The topological polar surface area (TPSA) is 75.1 Å². The van der Waals surface area contributed by atoms with Crippen LogP contribution in [0.25, 0.3) is 0 Å². The van der Waals surface area contributed by atoms with Crippen molar-refractivity contribution in [2.45, 2.75) is 64.7 Å². The number of hydrogen-bond acceptors (Lipinski definition) is 4. The normalized spacial score (nSPS) is 22.1. The van der Waals surface area contributed by atoms with Crippen molar-refractivity contribution in [3.63, 3.8) is 0 Å². The lowest BCUT2D eigenvalue weighted by molar-refractivity contribution is -0.118. The fourth-order valence-corrected chi connectivity index (χ4v) is 4.41. The van der Waals surface area contributed by atoms with Crippen molar-refractivity contribution in [3.8, 4) is 11.8 Å². The second-order valence-electron chi connectivity index (χ2n) is 8.58. The number of allylic oxidation sites excluding steroid dienone is 4. The van der Waals surface area contributed by atoms with Crippen LogP contribution in [0.5, 0.6) is 0 Å². The molecule has 0 spiro atoms. The molecule has 2 N–H and O–H groups in total. The zero-order valence-electron chi connectivity index (χ0n) is 18.6. The van der Waals surface area contributed by atoms with Crippen molar-refractivity contribution in [1.82, 2.24) is 9.97 Å². The number of amides is 1. The van der Waals surface area contributed by atoms with Crippen molar-refractivity contribution in [2.24, 2.45) is 17.8 Å². The van der Waals surface area contributed by atoms with E-state index < -0.39 is 5.92 Å². The first kappa shape index (κ1) is 22.8. The Balaban J connectivity index is 1.87. The number of nitrogens with one attached hydrogen (secondary N) is 1. The monoisotopic (exact) mass is 419 g/mol. The Kier molecular flexibility index (Phi) is 8.06. The zero-order valence-corrected chi connectivity index (χ0v) is 18.6. The molecular formula is C26H33N3O2. The summed E-state index contributed by atoms with van der Waals surface area (Å²) in [5.41, 5.74) is 1.72. The second kappa shape index (κ2) is 10.9. The molecule has 0 aliphatic heterocycles. The highest BCUT2D eigenvalue weighted by Gasteiger charge is 2.25. The van der Waals surface area contributed by atoms with Gasteiger partial charge in [0.2, 0.25) is 5.91 Å². The maximum Gasteiger partial charge on any atom is 0.240 e. The summed E-state index contributed by atoms with van der Waals surface area (Å²) < 4.78 is 0. The Hall–Kier alpha value is -2.87. The van der Waals surface area contributed by atoms with Gasteiger partial charge in [-0.15, -0.1) is 0 Å². The Morgan fingerprint density at radius 1 is 1.39 bits per heavy atom. The molecule has 1 heterocycles. The van der Waals surface area contributed by atoms with Gasteiger partial charge in [0.1, 0.15) is 5.76 Å². The summed E-state index contributed by atoms with van der Waals surface area (Å²) in [6.07, 6.45) is 16.4. The van der Waals surface area contributed by atoms with Crippen LogP contribution in [0, 0.1) is 29.6 Å². The standard InChI is InChI=1S/C26H33N3O2/c1-4-6-12-20(5-2)26(31)29-25-23(16-19-10-8-7-9-11-19)28-24(17-27-25)22-14-13-21(30)15-18(22)3/h4,13-15,17-20,22,30H,1,5,7-11,16H2,2-3H3,(H,27,29,31). The number of carbonyl (C=O) groups excluding carboxylic acids is 1. The summed E-state index contributed by atoms with van der Waals surface area (Å²) >= 11 is 0. The van der Waals surface area contributed by atoms with Gasteiger partial charge in [-0.25, -0.2) is 4.98 Å². The van der Waals surface area contributed by atoms with Crippen LogP contribution in [-0.4, -0.2) is 21.0 Å². The number of aliphatic hydroxyl groups excluding tert-OH is 1. The Bertz CT molecular complexity index is 916. The summed E-state index contributed by atoms with van der Waals surface area (Å²) in [6.45, 7) is 7.61. The third-order valence-corrected chi connectivity index (χ3v) is 6.21. The van der Waals surface area contributed by atoms with Crippen molar-refractivity contribution in [1.29, 1.82) is 0 Å².